The first-order valence-electron chi connectivity index (χ1n) is 5.66. The van der Waals surface area contributed by atoms with Crippen molar-refractivity contribution in [3.05, 3.63) is 0 Å². The van der Waals surface area contributed by atoms with E-state index in [0.29, 0.717) is 5.54 Å². The Morgan fingerprint density at radius 1 is 1.46 bits per heavy atom. The molecule has 1 aliphatic carbocycles. The third-order valence-corrected chi connectivity index (χ3v) is 3.53. The molecule has 0 amide bonds. The SMILES string of the molecule is CC1CCNC(CNC2(C)CC2)C1. The van der Waals surface area contributed by atoms with Gasteiger partial charge in [-0.25, -0.2) is 0 Å². The van der Waals surface area contributed by atoms with E-state index in [9.17, 15) is 0 Å². The molecule has 0 aromatic rings. The third kappa shape index (κ3) is 2.68. The van der Waals surface area contributed by atoms with Crippen LogP contribution in [0.3, 0.4) is 0 Å². The van der Waals surface area contributed by atoms with Gasteiger partial charge in [-0.05, 0) is 45.1 Å². The fourth-order valence-electron chi connectivity index (χ4n) is 2.11. The lowest BCUT2D eigenvalue weighted by Crippen LogP contribution is -2.46. The van der Waals surface area contributed by atoms with Crippen LogP contribution in [0.4, 0.5) is 0 Å². The molecule has 2 fully saturated rings. The predicted molar refractivity (Wildman–Crippen MR) is 55.8 cm³/mol. The van der Waals surface area contributed by atoms with Crippen molar-refractivity contribution in [3.63, 3.8) is 0 Å². The average molecular weight is 182 g/mol. The summed E-state index contributed by atoms with van der Waals surface area (Å²) in [5.41, 5.74) is 0.502. The zero-order valence-electron chi connectivity index (χ0n) is 8.90. The van der Waals surface area contributed by atoms with Gasteiger partial charge in [-0.2, -0.15) is 0 Å². The lowest BCUT2D eigenvalue weighted by molar-refractivity contribution is 0.302. The van der Waals surface area contributed by atoms with Crippen LogP contribution in [-0.4, -0.2) is 24.7 Å². The molecular weight excluding hydrogens is 160 g/mol. The molecule has 0 spiro atoms. The molecular formula is C11H22N2. The molecule has 1 saturated carbocycles. The molecule has 2 rings (SSSR count). The summed E-state index contributed by atoms with van der Waals surface area (Å²) >= 11 is 0. The monoisotopic (exact) mass is 182 g/mol. The summed E-state index contributed by atoms with van der Waals surface area (Å²) in [6.45, 7) is 7.08. The Labute approximate surface area is 81.5 Å². The van der Waals surface area contributed by atoms with Crippen molar-refractivity contribution in [1.29, 1.82) is 0 Å². The maximum Gasteiger partial charge on any atom is 0.0195 e. The van der Waals surface area contributed by atoms with Gasteiger partial charge < -0.3 is 10.6 Å². The Morgan fingerprint density at radius 2 is 2.23 bits per heavy atom. The van der Waals surface area contributed by atoms with Crippen LogP contribution in [0.25, 0.3) is 0 Å². The smallest absolute Gasteiger partial charge is 0.0195 e. The molecule has 0 aromatic carbocycles. The number of hydrogen-bond acceptors (Lipinski definition) is 2. The van der Waals surface area contributed by atoms with E-state index in [0.717, 1.165) is 12.0 Å². The van der Waals surface area contributed by atoms with Crippen molar-refractivity contribution in [1.82, 2.24) is 10.6 Å². The normalized spacial score (nSPS) is 37.4. The molecule has 1 saturated heterocycles. The highest BCUT2D eigenvalue weighted by atomic mass is 15.1. The molecule has 1 aliphatic heterocycles. The van der Waals surface area contributed by atoms with Crippen LogP contribution < -0.4 is 10.6 Å². The van der Waals surface area contributed by atoms with E-state index in [2.05, 4.69) is 24.5 Å². The van der Waals surface area contributed by atoms with Crippen LogP contribution in [0.2, 0.25) is 0 Å². The second-order valence-corrected chi connectivity index (χ2v) is 5.22. The summed E-state index contributed by atoms with van der Waals surface area (Å²) in [4.78, 5) is 0. The summed E-state index contributed by atoms with van der Waals surface area (Å²) in [7, 11) is 0. The number of rotatable bonds is 3. The van der Waals surface area contributed by atoms with Crippen molar-refractivity contribution in [3.8, 4) is 0 Å². The van der Waals surface area contributed by atoms with Gasteiger partial charge in [0.2, 0.25) is 0 Å². The van der Waals surface area contributed by atoms with E-state index in [1.165, 1.54) is 38.8 Å². The molecule has 13 heavy (non-hydrogen) atoms. The van der Waals surface area contributed by atoms with Gasteiger partial charge in [0, 0.05) is 18.1 Å². The van der Waals surface area contributed by atoms with E-state index in [-0.39, 0.29) is 0 Å². The van der Waals surface area contributed by atoms with Crippen molar-refractivity contribution >= 4 is 0 Å². The molecule has 0 bridgehead atoms. The number of nitrogens with one attached hydrogen (secondary N) is 2. The van der Waals surface area contributed by atoms with Gasteiger partial charge in [0.05, 0.1) is 0 Å². The highest BCUT2D eigenvalue weighted by Crippen LogP contribution is 2.34. The summed E-state index contributed by atoms with van der Waals surface area (Å²) in [6, 6.07) is 0.723. The van der Waals surface area contributed by atoms with Gasteiger partial charge in [0.15, 0.2) is 0 Å². The highest BCUT2D eigenvalue weighted by molar-refractivity contribution is 4.98. The zero-order chi connectivity index (χ0) is 9.31. The lowest BCUT2D eigenvalue weighted by Gasteiger charge is -2.29. The minimum atomic E-state index is 0.502. The zero-order valence-corrected chi connectivity index (χ0v) is 8.90. The Bertz CT molecular complexity index is 175. The molecule has 2 N–H and O–H groups in total. The van der Waals surface area contributed by atoms with Crippen LogP contribution in [0.15, 0.2) is 0 Å². The first-order chi connectivity index (χ1) is 6.18. The van der Waals surface area contributed by atoms with Crippen molar-refractivity contribution in [2.75, 3.05) is 13.1 Å². The Balaban J connectivity index is 1.68. The molecule has 2 atom stereocenters. The largest absolute Gasteiger partial charge is 0.313 e. The van der Waals surface area contributed by atoms with Crippen molar-refractivity contribution < 1.29 is 0 Å². The van der Waals surface area contributed by atoms with Gasteiger partial charge in [-0.15, -0.1) is 0 Å². The number of hydrogen-bond donors (Lipinski definition) is 2. The topological polar surface area (TPSA) is 24.1 Å². The van der Waals surface area contributed by atoms with Crippen LogP contribution in [0.1, 0.15) is 39.5 Å². The minimum absolute atomic E-state index is 0.502. The maximum atomic E-state index is 3.66. The second-order valence-electron chi connectivity index (χ2n) is 5.22. The molecule has 2 heteroatoms. The summed E-state index contributed by atoms with van der Waals surface area (Å²) in [5, 5.41) is 7.25. The van der Waals surface area contributed by atoms with E-state index in [4.69, 9.17) is 0 Å². The summed E-state index contributed by atoms with van der Waals surface area (Å²) < 4.78 is 0. The van der Waals surface area contributed by atoms with E-state index < -0.39 is 0 Å². The average Bonchev–Trinajstić information content (AvgIpc) is 2.82. The Morgan fingerprint density at radius 3 is 2.85 bits per heavy atom. The maximum absolute atomic E-state index is 3.66. The lowest BCUT2D eigenvalue weighted by atomic mass is 9.94. The molecule has 2 aliphatic rings. The first kappa shape index (κ1) is 9.47. The fourth-order valence-corrected chi connectivity index (χ4v) is 2.11. The van der Waals surface area contributed by atoms with Crippen molar-refractivity contribution in [2.24, 2.45) is 5.92 Å². The molecule has 2 unspecified atom stereocenters. The Kier molecular flexibility index (Phi) is 2.61. The predicted octanol–water partition coefficient (Wildman–Crippen LogP) is 1.52. The van der Waals surface area contributed by atoms with Gasteiger partial charge in [-0.1, -0.05) is 6.92 Å². The molecule has 0 aromatic heterocycles. The Hall–Kier alpha value is -0.0800. The first-order valence-corrected chi connectivity index (χ1v) is 5.66. The molecule has 76 valence electrons. The standard InChI is InChI=1S/C11H22N2/c1-9-3-6-12-10(7-9)8-13-11(2)4-5-11/h9-10,12-13H,3-8H2,1-2H3. The molecule has 2 nitrogen and oxygen atoms in total. The summed E-state index contributed by atoms with van der Waals surface area (Å²) in [5.74, 6) is 0.917. The van der Waals surface area contributed by atoms with Gasteiger partial charge in [-0.3, -0.25) is 0 Å². The third-order valence-electron chi connectivity index (χ3n) is 3.53. The summed E-state index contributed by atoms with van der Waals surface area (Å²) in [6.07, 6.45) is 5.45. The molecule has 0 radical (unpaired) electrons. The fraction of sp³-hybridized carbons (Fsp3) is 1.00. The van der Waals surface area contributed by atoms with E-state index >= 15 is 0 Å². The van der Waals surface area contributed by atoms with E-state index in [1.54, 1.807) is 0 Å². The second kappa shape index (κ2) is 3.58. The van der Waals surface area contributed by atoms with Crippen LogP contribution in [0.5, 0.6) is 0 Å². The van der Waals surface area contributed by atoms with Crippen LogP contribution in [0, 0.1) is 5.92 Å². The van der Waals surface area contributed by atoms with Crippen LogP contribution in [-0.2, 0) is 0 Å². The van der Waals surface area contributed by atoms with E-state index in [1.807, 2.05) is 0 Å². The van der Waals surface area contributed by atoms with Crippen molar-refractivity contribution in [2.45, 2.75) is 51.1 Å². The molecule has 1 heterocycles. The quantitative estimate of drug-likeness (QED) is 0.691. The minimum Gasteiger partial charge on any atom is -0.313 e. The van der Waals surface area contributed by atoms with Gasteiger partial charge in [0.25, 0.3) is 0 Å². The van der Waals surface area contributed by atoms with Gasteiger partial charge in [0.1, 0.15) is 0 Å². The van der Waals surface area contributed by atoms with Crippen LogP contribution >= 0.6 is 0 Å². The highest BCUT2D eigenvalue weighted by Gasteiger charge is 2.37. The number of piperidine rings is 1. The van der Waals surface area contributed by atoms with Gasteiger partial charge >= 0.3 is 0 Å².